The summed E-state index contributed by atoms with van der Waals surface area (Å²) in [6.07, 6.45) is 0.128. The number of fused-ring (bicyclic) bond motifs is 1. The van der Waals surface area contributed by atoms with Crippen molar-refractivity contribution in [3.8, 4) is 11.5 Å². The zero-order valence-electron chi connectivity index (χ0n) is 16.6. The summed E-state index contributed by atoms with van der Waals surface area (Å²) in [6.45, 7) is 4.29. The number of halogens is 1. The van der Waals surface area contributed by atoms with E-state index in [1.54, 1.807) is 19.1 Å². The van der Waals surface area contributed by atoms with Gasteiger partial charge in [-0.15, -0.1) is 0 Å². The lowest BCUT2D eigenvalue weighted by Gasteiger charge is -2.05. The number of benzene rings is 2. The largest absolute Gasteiger partial charge is 0.441 e. The maximum atomic E-state index is 13.1. The first kappa shape index (κ1) is 18.9. The molecule has 4 rings (SSSR count). The van der Waals surface area contributed by atoms with Crippen LogP contribution < -0.4 is 5.32 Å². The van der Waals surface area contributed by atoms with Gasteiger partial charge in [-0.3, -0.25) is 4.79 Å². The molecule has 5 nitrogen and oxygen atoms in total. The molecule has 0 radical (unpaired) electrons. The fourth-order valence-corrected chi connectivity index (χ4v) is 3.37. The van der Waals surface area contributed by atoms with Crippen molar-refractivity contribution in [2.45, 2.75) is 26.8 Å². The molecule has 2 aromatic carbocycles. The third kappa shape index (κ3) is 3.92. The van der Waals surface area contributed by atoms with E-state index in [2.05, 4.69) is 40.0 Å². The van der Waals surface area contributed by atoms with Gasteiger partial charge in [0.05, 0.1) is 12.1 Å². The number of aryl methyl sites for hydroxylation is 3. The minimum absolute atomic E-state index is 0.128. The van der Waals surface area contributed by atoms with E-state index in [0.717, 1.165) is 10.9 Å². The zero-order valence-corrected chi connectivity index (χ0v) is 16.6. The smallest absolute Gasteiger partial charge is 0.226 e. The molecule has 0 aliphatic rings. The fraction of sp³-hybridized carbons (Fsp3) is 0.217. The van der Waals surface area contributed by atoms with Crippen molar-refractivity contribution in [2.24, 2.45) is 7.05 Å². The van der Waals surface area contributed by atoms with Gasteiger partial charge in [0, 0.05) is 35.8 Å². The van der Waals surface area contributed by atoms with E-state index in [1.165, 1.54) is 23.3 Å². The SMILES string of the molecule is Cc1oc(-c2ccc(F)cc2)nc1CC(=O)NCc1ccc2c(c1)cc(C)n2C. The molecular formula is C23H22FN3O2. The quantitative estimate of drug-likeness (QED) is 0.547. The first-order valence-corrected chi connectivity index (χ1v) is 9.44. The van der Waals surface area contributed by atoms with Gasteiger partial charge in [0.2, 0.25) is 11.8 Å². The molecule has 4 aromatic rings. The molecule has 0 saturated carbocycles. The van der Waals surface area contributed by atoms with Crippen molar-refractivity contribution in [2.75, 3.05) is 0 Å². The lowest BCUT2D eigenvalue weighted by molar-refractivity contribution is -0.120. The first-order valence-electron chi connectivity index (χ1n) is 9.44. The van der Waals surface area contributed by atoms with Crippen LogP contribution in [0, 0.1) is 19.7 Å². The number of nitrogens with zero attached hydrogens (tertiary/aromatic N) is 2. The van der Waals surface area contributed by atoms with Gasteiger partial charge < -0.3 is 14.3 Å². The highest BCUT2D eigenvalue weighted by molar-refractivity contribution is 5.82. The minimum Gasteiger partial charge on any atom is -0.441 e. The lowest BCUT2D eigenvalue weighted by Crippen LogP contribution is -2.24. The van der Waals surface area contributed by atoms with E-state index >= 15 is 0 Å². The number of oxazole rings is 1. The lowest BCUT2D eigenvalue weighted by atomic mass is 10.1. The van der Waals surface area contributed by atoms with Crippen molar-refractivity contribution >= 4 is 16.8 Å². The molecule has 1 amide bonds. The van der Waals surface area contributed by atoms with Crippen LogP contribution in [0.25, 0.3) is 22.4 Å². The summed E-state index contributed by atoms with van der Waals surface area (Å²) >= 11 is 0. The standard InChI is InChI=1S/C23H22FN3O2/c1-14-10-18-11-16(4-9-21(18)27(14)3)13-25-22(28)12-20-15(2)29-23(26-20)17-5-7-19(24)8-6-17/h4-11H,12-13H2,1-3H3,(H,25,28). The van der Waals surface area contributed by atoms with E-state index in [4.69, 9.17) is 4.42 Å². The maximum Gasteiger partial charge on any atom is 0.226 e. The van der Waals surface area contributed by atoms with Crippen LogP contribution in [0.15, 0.2) is 52.9 Å². The average Bonchev–Trinajstić information content (AvgIpc) is 3.20. The van der Waals surface area contributed by atoms with Crippen LogP contribution in [0.5, 0.6) is 0 Å². The van der Waals surface area contributed by atoms with Crippen molar-refractivity contribution in [3.63, 3.8) is 0 Å². The number of nitrogens with one attached hydrogen (secondary N) is 1. The molecule has 0 aliphatic carbocycles. The molecule has 2 heterocycles. The van der Waals surface area contributed by atoms with Gasteiger partial charge in [-0.1, -0.05) is 6.07 Å². The Morgan fingerprint density at radius 2 is 1.90 bits per heavy atom. The zero-order chi connectivity index (χ0) is 20.5. The minimum atomic E-state index is -0.319. The molecule has 0 aliphatic heterocycles. The maximum absolute atomic E-state index is 13.1. The monoisotopic (exact) mass is 391 g/mol. The summed E-state index contributed by atoms with van der Waals surface area (Å²) in [5, 5.41) is 4.10. The van der Waals surface area contributed by atoms with Crippen LogP contribution in [0.1, 0.15) is 22.7 Å². The van der Waals surface area contributed by atoms with E-state index in [1.807, 2.05) is 13.1 Å². The Hall–Kier alpha value is -3.41. The molecule has 2 aromatic heterocycles. The average molecular weight is 391 g/mol. The predicted octanol–water partition coefficient (Wildman–Crippen LogP) is 4.45. The van der Waals surface area contributed by atoms with Crippen molar-refractivity contribution in [3.05, 3.63) is 77.1 Å². The second-order valence-electron chi connectivity index (χ2n) is 7.22. The Morgan fingerprint density at radius 3 is 2.66 bits per heavy atom. The van der Waals surface area contributed by atoms with Gasteiger partial charge in [0.1, 0.15) is 11.6 Å². The molecule has 0 saturated heterocycles. The molecule has 0 fully saturated rings. The summed E-state index contributed by atoms with van der Waals surface area (Å²) in [6, 6.07) is 14.2. The topological polar surface area (TPSA) is 60.1 Å². The van der Waals surface area contributed by atoms with Gasteiger partial charge in [-0.2, -0.15) is 0 Å². The second-order valence-corrected chi connectivity index (χ2v) is 7.22. The number of aromatic nitrogens is 2. The Morgan fingerprint density at radius 1 is 1.14 bits per heavy atom. The molecule has 0 unspecified atom stereocenters. The van der Waals surface area contributed by atoms with Crippen molar-refractivity contribution in [1.29, 1.82) is 0 Å². The van der Waals surface area contributed by atoms with E-state index in [0.29, 0.717) is 29.5 Å². The highest BCUT2D eigenvalue weighted by Gasteiger charge is 2.15. The number of hydrogen-bond acceptors (Lipinski definition) is 3. The number of carbonyl (C=O) groups is 1. The fourth-order valence-electron chi connectivity index (χ4n) is 3.37. The molecule has 0 atom stereocenters. The van der Waals surface area contributed by atoms with E-state index in [9.17, 15) is 9.18 Å². The van der Waals surface area contributed by atoms with Gasteiger partial charge in [0.15, 0.2) is 0 Å². The third-order valence-corrected chi connectivity index (χ3v) is 5.15. The Bertz CT molecular complexity index is 1190. The Kier molecular flexibility index (Phi) is 4.92. The van der Waals surface area contributed by atoms with E-state index < -0.39 is 0 Å². The number of carbonyl (C=O) groups excluding carboxylic acids is 1. The Labute approximate surface area is 168 Å². The Balaban J connectivity index is 1.41. The molecule has 1 N–H and O–H groups in total. The van der Waals surface area contributed by atoms with Gasteiger partial charge in [-0.05, 0) is 61.9 Å². The normalized spacial score (nSPS) is 11.2. The van der Waals surface area contributed by atoms with Crippen molar-refractivity contribution < 1.29 is 13.6 Å². The van der Waals surface area contributed by atoms with Crippen molar-refractivity contribution in [1.82, 2.24) is 14.9 Å². The summed E-state index contributed by atoms with van der Waals surface area (Å²) in [5.74, 6) is 0.521. The molecule has 148 valence electrons. The van der Waals surface area contributed by atoms with Crippen LogP contribution in [-0.4, -0.2) is 15.5 Å². The summed E-state index contributed by atoms with van der Waals surface area (Å²) in [7, 11) is 2.04. The molecule has 6 heteroatoms. The summed E-state index contributed by atoms with van der Waals surface area (Å²) in [5.41, 5.74) is 4.66. The number of amides is 1. The molecular weight excluding hydrogens is 369 g/mol. The van der Waals surface area contributed by atoms with Crippen LogP contribution in [0.4, 0.5) is 4.39 Å². The molecule has 0 spiro atoms. The highest BCUT2D eigenvalue weighted by atomic mass is 19.1. The van der Waals surface area contributed by atoms with E-state index in [-0.39, 0.29) is 18.1 Å². The summed E-state index contributed by atoms with van der Waals surface area (Å²) < 4.78 is 20.9. The highest BCUT2D eigenvalue weighted by Crippen LogP contribution is 2.23. The van der Waals surface area contributed by atoms with Gasteiger partial charge in [0.25, 0.3) is 0 Å². The van der Waals surface area contributed by atoms with Crippen LogP contribution in [0.2, 0.25) is 0 Å². The predicted molar refractivity (Wildman–Crippen MR) is 110 cm³/mol. The molecule has 29 heavy (non-hydrogen) atoms. The second kappa shape index (κ2) is 7.54. The van der Waals surface area contributed by atoms with Crippen LogP contribution in [0.3, 0.4) is 0 Å². The third-order valence-electron chi connectivity index (χ3n) is 5.15. The summed E-state index contributed by atoms with van der Waals surface area (Å²) in [4.78, 5) is 16.8. The first-order chi connectivity index (χ1) is 13.9. The van der Waals surface area contributed by atoms with Crippen LogP contribution >= 0.6 is 0 Å². The van der Waals surface area contributed by atoms with Gasteiger partial charge in [-0.25, -0.2) is 9.37 Å². The number of rotatable bonds is 5. The van der Waals surface area contributed by atoms with Crippen LogP contribution in [-0.2, 0) is 24.8 Å². The molecule has 0 bridgehead atoms. The van der Waals surface area contributed by atoms with Gasteiger partial charge >= 0.3 is 0 Å². The number of hydrogen-bond donors (Lipinski definition) is 1.